The van der Waals surface area contributed by atoms with E-state index in [1.165, 1.54) is 31.1 Å². The van der Waals surface area contributed by atoms with E-state index in [1.807, 2.05) is 6.92 Å². The molecule has 0 spiro atoms. The number of carbonyl (C=O) groups is 3. The molecule has 1 aliphatic rings. The Kier molecular flexibility index (Phi) is 7.37. The molecule has 1 heterocycles. The molecule has 1 aliphatic heterocycles. The molecular formula is C23H23ClN2O6. The number of para-hydroxylation sites is 2. The van der Waals surface area contributed by atoms with Crippen LogP contribution in [0.2, 0.25) is 5.02 Å². The number of rotatable bonds is 7. The molecule has 0 saturated carbocycles. The average molecular weight is 459 g/mol. The van der Waals surface area contributed by atoms with Crippen molar-refractivity contribution < 1.29 is 28.6 Å². The van der Waals surface area contributed by atoms with Crippen LogP contribution >= 0.6 is 11.6 Å². The SMILES string of the molecule is CCOc1c(Cl)cc(/C=C\C(=O)O[C@@H](C)C(=O)N2CC(=O)Nc3ccccc32)cc1OC. The third-order valence-corrected chi connectivity index (χ3v) is 4.91. The summed E-state index contributed by atoms with van der Waals surface area (Å²) in [5, 5.41) is 3.04. The van der Waals surface area contributed by atoms with Gasteiger partial charge in [0, 0.05) is 6.08 Å². The highest BCUT2D eigenvalue weighted by Crippen LogP contribution is 2.36. The zero-order chi connectivity index (χ0) is 23.3. The molecule has 0 saturated heterocycles. The second-order valence-electron chi connectivity index (χ2n) is 6.87. The molecule has 0 fully saturated rings. The van der Waals surface area contributed by atoms with Gasteiger partial charge in [-0.1, -0.05) is 23.7 Å². The molecule has 3 rings (SSSR count). The Morgan fingerprint density at radius 3 is 2.75 bits per heavy atom. The summed E-state index contributed by atoms with van der Waals surface area (Å²) >= 11 is 6.23. The molecule has 32 heavy (non-hydrogen) atoms. The summed E-state index contributed by atoms with van der Waals surface area (Å²) in [5.74, 6) is -0.694. The van der Waals surface area contributed by atoms with E-state index in [2.05, 4.69) is 5.32 Å². The third kappa shape index (κ3) is 5.20. The number of amides is 2. The van der Waals surface area contributed by atoms with Gasteiger partial charge in [0.05, 0.1) is 30.1 Å². The first kappa shape index (κ1) is 23.1. The summed E-state index contributed by atoms with van der Waals surface area (Å²) in [6.07, 6.45) is 1.59. The van der Waals surface area contributed by atoms with Gasteiger partial charge in [0.1, 0.15) is 6.54 Å². The Bertz CT molecular complexity index is 1070. The second kappa shape index (κ2) is 10.2. The standard InChI is InChI=1S/C23H23ClN2O6/c1-4-31-22-16(24)11-15(12-19(22)30-3)9-10-21(28)32-14(2)23(29)26-13-20(27)25-17-7-5-6-8-18(17)26/h5-12,14H,4,13H2,1-3H3,(H,25,27)/b10-9-/t14-/m0/s1. The number of nitrogens with zero attached hydrogens (tertiary/aromatic N) is 1. The maximum Gasteiger partial charge on any atom is 0.331 e. The van der Waals surface area contributed by atoms with Crippen molar-refractivity contribution in [3.05, 3.63) is 53.1 Å². The van der Waals surface area contributed by atoms with Crippen LogP contribution in [-0.4, -0.2) is 44.1 Å². The van der Waals surface area contributed by atoms with Crippen LogP contribution in [0.3, 0.4) is 0 Å². The minimum absolute atomic E-state index is 0.155. The molecule has 9 heteroatoms. The molecule has 0 radical (unpaired) electrons. The number of methoxy groups -OCH3 is 1. The fourth-order valence-corrected chi connectivity index (χ4v) is 3.47. The quantitative estimate of drug-likeness (QED) is 0.502. The Morgan fingerprint density at radius 2 is 2.03 bits per heavy atom. The number of hydrogen-bond acceptors (Lipinski definition) is 6. The number of fused-ring (bicyclic) bond motifs is 1. The topological polar surface area (TPSA) is 94.2 Å². The van der Waals surface area contributed by atoms with Crippen molar-refractivity contribution in [1.82, 2.24) is 0 Å². The zero-order valence-corrected chi connectivity index (χ0v) is 18.6. The number of benzene rings is 2. The smallest absolute Gasteiger partial charge is 0.331 e. The first-order valence-corrected chi connectivity index (χ1v) is 10.3. The first-order valence-electron chi connectivity index (χ1n) is 9.93. The molecule has 2 aromatic carbocycles. The highest BCUT2D eigenvalue weighted by molar-refractivity contribution is 6.32. The van der Waals surface area contributed by atoms with E-state index in [0.29, 0.717) is 40.1 Å². The number of halogens is 1. The Morgan fingerprint density at radius 1 is 1.28 bits per heavy atom. The summed E-state index contributed by atoms with van der Waals surface area (Å²) in [4.78, 5) is 38.4. The van der Waals surface area contributed by atoms with E-state index in [0.717, 1.165) is 0 Å². The Labute approximate surface area is 190 Å². The minimum atomic E-state index is -1.09. The number of anilines is 2. The van der Waals surface area contributed by atoms with Crippen LogP contribution in [0.25, 0.3) is 6.08 Å². The minimum Gasteiger partial charge on any atom is -0.493 e. The zero-order valence-electron chi connectivity index (χ0n) is 17.9. The summed E-state index contributed by atoms with van der Waals surface area (Å²) in [6, 6.07) is 10.2. The number of carbonyl (C=O) groups excluding carboxylic acids is 3. The highest BCUT2D eigenvalue weighted by atomic mass is 35.5. The van der Waals surface area contributed by atoms with Gasteiger partial charge in [-0.15, -0.1) is 0 Å². The van der Waals surface area contributed by atoms with Gasteiger partial charge in [-0.25, -0.2) is 4.79 Å². The normalized spacial score (nSPS) is 13.9. The van der Waals surface area contributed by atoms with Gasteiger partial charge in [-0.3, -0.25) is 14.5 Å². The van der Waals surface area contributed by atoms with E-state index in [4.69, 9.17) is 25.8 Å². The van der Waals surface area contributed by atoms with Crippen LogP contribution in [0.5, 0.6) is 11.5 Å². The van der Waals surface area contributed by atoms with Gasteiger partial charge in [-0.05, 0) is 49.8 Å². The van der Waals surface area contributed by atoms with Crippen LogP contribution in [0, 0.1) is 0 Å². The summed E-state index contributed by atoms with van der Waals surface area (Å²) in [6.45, 7) is 3.56. The van der Waals surface area contributed by atoms with E-state index in [9.17, 15) is 14.4 Å². The summed E-state index contributed by atoms with van der Waals surface area (Å²) in [5.41, 5.74) is 1.66. The van der Waals surface area contributed by atoms with E-state index in [-0.39, 0.29) is 12.5 Å². The van der Waals surface area contributed by atoms with Gasteiger partial charge in [0.15, 0.2) is 17.6 Å². The van der Waals surface area contributed by atoms with Gasteiger partial charge >= 0.3 is 5.97 Å². The van der Waals surface area contributed by atoms with Crippen molar-refractivity contribution in [3.8, 4) is 11.5 Å². The lowest BCUT2D eigenvalue weighted by Crippen LogP contribution is -2.46. The molecule has 0 unspecified atom stereocenters. The van der Waals surface area contributed by atoms with Crippen molar-refractivity contribution in [1.29, 1.82) is 0 Å². The predicted octanol–water partition coefficient (Wildman–Crippen LogP) is 3.68. The van der Waals surface area contributed by atoms with E-state index >= 15 is 0 Å². The lowest BCUT2D eigenvalue weighted by atomic mass is 10.1. The number of ether oxygens (including phenoxy) is 3. The molecular weight excluding hydrogens is 436 g/mol. The van der Waals surface area contributed by atoms with Gasteiger partial charge in [-0.2, -0.15) is 0 Å². The lowest BCUT2D eigenvalue weighted by molar-refractivity contribution is -0.149. The second-order valence-corrected chi connectivity index (χ2v) is 7.28. The van der Waals surface area contributed by atoms with Crippen LogP contribution in [0.4, 0.5) is 11.4 Å². The molecule has 2 aromatic rings. The van der Waals surface area contributed by atoms with Crippen molar-refractivity contribution in [2.75, 3.05) is 30.5 Å². The molecule has 1 N–H and O–H groups in total. The number of hydrogen-bond donors (Lipinski definition) is 1. The monoisotopic (exact) mass is 458 g/mol. The molecule has 168 valence electrons. The largest absolute Gasteiger partial charge is 0.493 e. The molecule has 1 atom stereocenters. The van der Waals surface area contributed by atoms with Crippen LogP contribution in [0.1, 0.15) is 19.4 Å². The molecule has 8 nitrogen and oxygen atoms in total. The van der Waals surface area contributed by atoms with Crippen molar-refractivity contribution in [2.24, 2.45) is 0 Å². The first-order chi connectivity index (χ1) is 15.3. The van der Waals surface area contributed by atoms with Crippen molar-refractivity contribution in [2.45, 2.75) is 20.0 Å². The maximum absolute atomic E-state index is 12.8. The third-order valence-electron chi connectivity index (χ3n) is 4.63. The fraction of sp³-hybridized carbons (Fsp3) is 0.261. The number of esters is 1. The summed E-state index contributed by atoms with van der Waals surface area (Å²) in [7, 11) is 1.49. The highest BCUT2D eigenvalue weighted by Gasteiger charge is 2.31. The van der Waals surface area contributed by atoms with Gasteiger partial charge in [0.25, 0.3) is 5.91 Å². The fourth-order valence-electron chi connectivity index (χ4n) is 3.20. The van der Waals surface area contributed by atoms with Crippen molar-refractivity contribution in [3.63, 3.8) is 0 Å². The average Bonchev–Trinajstić information content (AvgIpc) is 2.78. The lowest BCUT2D eigenvalue weighted by Gasteiger charge is -2.30. The molecule has 0 aromatic heterocycles. The number of nitrogens with one attached hydrogen (secondary N) is 1. The van der Waals surface area contributed by atoms with Crippen molar-refractivity contribution >= 4 is 46.8 Å². The van der Waals surface area contributed by atoms with Crippen LogP contribution in [0.15, 0.2) is 42.5 Å². The Balaban J connectivity index is 1.69. The van der Waals surface area contributed by atoms with Crippen LogP contribution in [-0.2, 0) is 19.1 Å². The van der Waals surface area contributed by atoms with Crippen LogP contribution < -0.4 is 19.7 Å². The predicted molar refractivity (Wildman–Crippen MR) is 121 cm³/mol. The van der Waals surface area contributed by atoms with E-state index in [1.54, 1.807) is 36.4 Å². The molecule has 0 bridgehead atoms. The molecule has 2 amide bonds. The van der Waals surface area contributed by atoms with Gasteiger partial charge < -0.3 is 19.5 Å². The summed E-state index contributed by atoms with van der Waals surface area (Å²) < 4.78 is 16.0. The molecule has 0 aliphatic carbocycles. The van der Waals surface area contributed by atoms with E-state index < -0.39 is 18.0 Å². The maximum atomic E-state index is 12.8. The van der Waals surface area contributed by atoms with Gasteiger partial charge in [0.2, 0.25) is 5.91 Å². The Hall–Kier alpha value is -3.52.